The first-order chi connectivity index (χ1) is 14.8. The van der Waals surface area contributed by atoms with E-state index in [0.29, 0.717) is 5.56 Å². The van der Waals surface area contributed by atoms with Crippen LogP contribution in [0.3, 0.4) is 0 Å². The standard InChI is InChI=1S/C22H20ClFN2O4S/c1-30-20-12-11-16(25-22(27)13-10-15-6-2-4-8-18(15)24)14-21(20)31(28,29)26-19-9-5-3-7-17(19)23/h2-9,11-12,14,26H,10,13H2,1H3,(H,25,27). The molecule has 3 aromatic carbocycles. The van der Waals surface area contributed by atoms with Crippen LogP contribution >= 0.6 is 11.6 Å². The van der Waals surface area contributed by atoms with Crippen LogP contribution in [0.2, 0.25) is 5.02 Å². The molecule has 0 bridgehead atoms. The van der Waals surface area contributed by atoms with Gasteiger partial charge in [-0.05, 0) is 48.4 Å². The molecule has 0 spiro atoms. The Hall–Kier alpha value is -3.10. The van der Waals surface area contributed by atoms with Crippen LogP contribution in [0.15, 0.2) is 71.6 Å². The lowest BCUT2D eigenvalue weighted by molar-refractivity contribution is -0.116. The Labute approximate surface area is 185 Å². The van der Waals surface area contributed by atoms with E-state index in [0.717, 1.165) is 0 Å². The van der Waals surface area contributed by atoms with E-state index in [1.165, 1.54) is 37.4 Å². The minimum atomic E-state index is -4.06. The summed E-state index contributed by atoms with van der Waals surface area (Å²) in [4.78, 5) is 12.1. The van der Waals surface area contributed by atoms with E-state index in [-0.39, 0.29) is 51.6 Å². The molecule has 0 aliphatic rings. The number of hydrogen-bond donors (Lipinski definition) is 2. The maximum atomic E-state index is 13.7. The summed E-state index contributed by atoms with van der Waals surface area (Å²) in [5.74, 6) is -0.654. The van der Waals surface area contributed by atoms with Crippen LogP contribution in [0, 0.1) is 5.82 Å². The minimum Gasteiger partial charge on any atom is -0.495 e. The maximum Gasteiger partial charge on any atom is 0.265 e. The second-order valence-electron chi connectivity index (χ2n) is 6.59. The van der Waals surface area contributed by atoms with Gasteiger partial charge >= 0.3 is 0 Å². The van der Waals surface area contributed by atoms with Gasteiger partial charge in [-0.25, -0.2) is 12.8 Å². The smallest absolute Gasteiger partial charge is 0.265 e. The van der Waals surface area contributed by atoms with Crippen molar-refractivity contribution >= 4 is 38.9 Å². The number of benzene rings is 3. The van der Waals surface area contributed by atoms with Crippen molar-refractivity contribution in [2.45, 2.75) is 17.7 Å². The highest BCUT2D eigenvalue weighted by molar-refractivity contribution is 7.92. The van der Waals surface area contributed by atoms with Crippen molar-refractivity contribution in [3.8, 4) is 5.75 Å². The predicted octanol–water partition coefficient (Wildman–Crippen LogP) is 4.86. The number of nitrogens with one attached hydrogen (secondary N) is 2. The molecule has 0 radical (unpaired) electrons. The van der Waals surface area contributed by atoms with Crippen LogP contribution in [0.1, 0.15) is 12.0 Å². The second-order valence-corrected chi connectivity index (χ2v) is 8.65. The zero-order chi connectivity index (χ0) is 22.4. The van der Waals surface area contributed by atoms with Gasteiger partial charge in [-0.1, -0.05) is 41.9 Å². The molecule has 9 heteroatoms. The van der Waals surface area contributed by atoms with Gasteiger partial charge in [-0.3, -0.25) is 9.52 Å². The molecule has 1 amide bonds. The number of aryl methyl sites for hydroxylation is 1. The molecule has 0 saturated heterocycles. The van der Waals surface area contributed by atoms with E-state index in [2.05, 4.69) is 10.0 Å². The first-order valence-corrected chi connectivity index (χ1v) is 11.1. The Morgan fingerprint density at radius 1 is 1.06 bits per heavy atom. The van der Waals surface area contributed by atoms with Crippen molar-refractivity contribution in [2.24, 2.45) is 0 Å². The molecule has 0 unspecified atom stereocenters. The normalized spacial score (nSPS) is 11.1. The highest BCUT2D eigenvalue weighted by atomic mass is 35.5. The van der Waals surface area contributed by atoms with Crippen molar-refractivity contribution < 1.29 is 22.3 Å². The summed E-state index contributed by atoms with van der Waals surface area (Å²) in [5.41, 5.74) is 0.906. The van der Waals surface area contributed by atoms with Gasteiger partial charge in [0.1, 0.15) is 16.5 Å². The van der Waals surface area contributed by atoms with Gasteiger partial charge in [0.2, 0.25) is 5.91 Å². The molecule has 0 fully saturated rings. The third-order valence-electron chi connectivity index (χ3n) is 4.43. The summed E-state index contributed by atoms with van der Waals surface area (Å²) in [5, 5.41) is 2.87. The van der Waals surface area contributed by atoms with Crippen molar-refractivity contribution in [1.29, 1.82) is 0 Å². The number of amides is 1. The number of ether oxygens (including phenoxy) is 1. The van der Waals surface area contributed by atoms with Crippen molar-refractivity contribution in [3.63, 3.8) is 0 Å². The number of para-hydroxylation sites is 1. The van der Waals surface area contributed by atoms with E-state index in [9.17, 15) is 17.6 Å². The van der Waals surface area contributed by atoms with Crippen molar-refractivity contribution in [1.82, 2.24) is 0 Å². The van der Waals surface area contributed by atoms with E-state index in [1.54, 1.807) is 36.4 Å². The predicted molar refractivity (Wildman–Crippen MR) is 119 cm³/mol. The summed E-state index contributed by atoms with van der Waals surface area (Å²) in [6, 6.07) is 16.9. The average Bonchev–Trinajstić information content (AvgIpc) is 2.74. The van der Waals surface area contributed by atoms with Gasteiger partial charge in [0.05, 0.1) is 17.8 Å². The van der Waals surface area contributed by atoms with Crippen LogP contribution in [-0.2, 0) is 21.2 Å². The van der Waals surface area contributed by atoms with Crippen molar-refractivity contribution in [2.75, 3.05) is 17.1 Å². The number of rotatable bonds is 8. The molecule has 162 valence electrons. The van der Waals surface area contributed by atoms with E-state index in [4.69, 9.17) is 16.3 Å². The molecule has 6 nitrogen and oxygen atoms in total. The van der Waals surface area contributed by atoms with Gasteiger partial charge in [-0.15, -0.1) is 0 Å². The fraction of sp³-hybridized carbons (Fsp3) is 0.136. The summed E-state index contributed by atoms with van der Waals surface area (Å²) in [7, 11) is -2.71. The summed E-state index contributed by atoms with van der Waals surface area (Å²) in [6.45, 7) is 0. The SMILES string of the molecule is COc1ccc(NC(=O)CCc2ccccc2F)cc1S(=O)(=O)Nc1ccccc1Cl. The van der Waals surface area contributed by atoms with Crippen LogP contribution in [-0.4, -0.2) is 21.4 Å². The number of halogens is 2. The quantitative estimate of drug-likeness (QED) is 0.500. The molecule has 2 N–H and O–H groups in total. The molecule has 0 saturated carbocycles. The number of hydrogen-bond acceptors (Lipinski definition) is 4. The fourth-order valence-corrected chi connectivity index (χ4v) is 4.40. The molecular formula is C22H20ClFN2O4S. The molecule has 3 rings (SSSR count). The average molecular weight is 463 g/mol. The lowest BCUT2D eigenvalue weighted by atomic mass is 10.1. The van der Waals surface area contributed by atoms with E-state index in [1.807, 2.05) is 0 Å². The van der Waals surface area contributed by atoms with Crippen LogP contribution in [0.5, 0.6) is 5.75 Å². The molecule has 0 atom stereocenters. The number of carbonyl (C=O) groups is 1. The molecular weight excluding hydrogens is 443 g/mol. The number of sulfonamides is 1. The molecule has 0 heterocycles. The number of anilines is 2. The van der Waals surface area contributed by atoms with Gasteiger partial charge in [0, 0.05) is 12.1 Å². The summed E-state index contributed by atoms with van der Waals surface area (Å²) < 4.78 is 47.1. The fourth-order valence-electron chi connectivity index (χ4n) is 2.88. The van der Waals surface area contributed by atoms with Gasteiger partial charge in [0.15, 0.2) is 0 Å². The van der Waals surface area contributed by atoms with E-state index < -0.39 is 10.0 Å². The summed E-state index contributed by atoms with van der Waals surface area (Å²) >= 11 is 6.05. The lowest BCUT2D eigenvalue weighted by Gasteiger charge is -2.14. The minimum absolute atomic E-state index is 0.0346. The Kier molecular flexibility index (Phi) is 7.14. The zero-order valence-electron chi connectivity index (χ0n) is 16.6. The summed E-state index contributed by atoms with van der Waals surface area (Å²) in [6.07, 6.45) is 0.251. The van der Waals surface area contributed by atoms with Crippen LogP contribution in [0.25, 0.3) is 0 Å². The van der Waals surface area contributed by atoms with Gasteiger partial charge < -0.3 is 10.1 Å². The third kappa shape index (κ3) is 5.74. The molecule has 0 aliphatic heterocycles. The Morgan fingerprint density at radius 3 is 2.48 bits per heavy atom. The van der Waals surface area contributed by atoms with Gasteiger partial charge in [-0.2, -0.15) is 0 Å². The molecule has 0 aromatic heterocycles. The number of carbonyl (C=O) groups excluding carboxylic acids is 1. The molecule has 3 aromatic rings. The Morgan fingerprint density at radius 2 is 1.77 bits per heavy atom. The van der Waals surface area contributed by atoms with Crippen LogP contribution < -0.4 is 14.8 Å². The first-order valence-electron chi connectivity index (χ1n) is 9.29. The second kappa shape index (κ2) is 9.80. The monoisotopic (exact) mass is 462 g/mol. The highest BCUT2D eigenvalue weighted by Crippen LogP contribution is 2.31. The highest BCUT2D eigenvalue weighted by Gasteiger charge is 2.22. The van der Waals surface area contributed by atoms with Crippen molar-refractivity contribution in [3.05, 3.63) is 83.1 Å². The third-order valence-corrected chi connectivity index (χ3v) is 6.15. The molecule has 0 aliphatic carbocycles. The molecule has 31 heavy (non-hydrogen) atoms. The first kappa shape index (κ1) is 22.6. The lowest BCUT2D eigenvalue weighted by Crippen LogP contribution is -2.16. The maximum absolute atomic E-state index is 13.7. The largest absolute Gasteiger partial charge is 0.495 e. The zero-order valence-corrected chi connectivity index (χ0v) is 18.1. The number of methoxy groups -OCH3 is 1. The Balaban J connectivity index is 1.77. The topological polar surface area (TPSA) is 84.5 Å². The Bertz CT molecular complexity index is 1200. The van der Waals surface area contributed by atoms with Gasteiger partial charge in [0.25, 0.3) is 10.0 Å². The van der Waals surface area contributed by atoms with Crippen LogP contribution in [0.4, 0.5) is 15.8 Å². The van der Waals surface area contributed by atoms with E-state index >= 15 is 0 Å².